The van der Waals surface area contributed by atoms with E-state index in [2.05, 4.69) is 37.6 Å². The van der Waals surface area contributed by atoms with Crippen molar-refractivity contribution in [1.82, 2.24) is 20.2 Å². The third kappa shape index (κ3) is 4.23. The summed E-state index contributed by atoms with van der Waals surface area (Å²) in [5.74, 6) is 1.26. The van der Waals surface area contributed by atoms with Gasteiger partial charge in [0.25, 0.3) is 0 Å². The number of anilines is 2. The van der Waals surface area contributed by atoms with Gasteiger partial charge in [0, 0.05) is 19.8 Å². The van der Waals surface area contributed by atoms with E-state index in [0.717, 1.165) is 18.1 Å². The quantitative estimate of drug-likeness (QED) is 0.755. The first-order valence-corrected chi connectivity index (χ1v) is 7.40. The molecule has 0 saturated carbocycles. The Bertz CT molecular complexity index is 732. The SMILES string of the molecule is CN(Cc1ccccc1)c1cnnc(NCc2ccccn2)n1. The van der Waals surface area contributed by atoms with Crippen molar-refractivity contribution in [2.24, 2.45) is 0 Å². The zero-order chi connectivity index (χ0) is 15.9. The third-order valence-corrected chi connectivity index (χ3v) is 3.35. The van der Waals surface area contributed by atoms with Crippen LogP contribution in [-0.2, 0) is 13.1 Å². The van der Waals surface area contributed by atoms with Gasteiger partial charge in [-0.05, 0) is 17.7 Å². The summed E-state index contributed by atoms with van der Waals surface area (Å²) in [5.41, 5.74) is 2.15. The fourth-order valence-electron chi connectivity index (χ4n) is 2.16. The molecule has 0 bridgehead atoms. The minimum atomic E-state index is 0.494. The van der Waals surface area contributed by atoms with Crippen molar-refractivity contribution in [3.63, 3.8) is 0 Å². The lowest BCUT2D eigenvalue weighted by molar-refractivity contribution is 0.856. The molecule has 0 amide bonds. The molecule has 0 atom stereocenters. The van der Waals surface area contributed by atoms with Crippen molar-refractivity contribution in [3.8, 4) is 0 Å². The number of hydrogen-bond acceptors (Lipinski definition) is 6. The molecule has 0 unspecified atom stereocenters. The van der Waals surface area contributed by atoms with E-state index in [-0.39, 0.29) is 0 Å². The molecule has 1 aromatic carbocycles. The van der Waals surface area contributed by atoms with Crippen LogP contribution < -0.4 is 10.2 Å². The predicted octanol–water partition coefficient (Wildman–Crippen LogP) is 2.52. The third-order valence-electron chi connectivity index (χ3n) is 3.35. The highest BCUT2D eigenvalue weighted by atomic mass is 15.3. The van der Waals surface area contributed by atoms with E-state index < -0.39 is 0 Å². The van der Waals surface area contributed by atoms with Crippen LogP contribution in [0.25, 0.3) is 0 Å². The Morgan fingerprint density at radius 3 is 2.65 bits per heavy atom. The molecule has 0 aliphatic heterocycles. The van der Waals surface area contributed by atoms with Gasteiger partial charge >= 0.3 is 0 Å². The Kier molecular flexibility index (Phi) is 4.73. The van der Waals surface area contributed by atoms with Crippen LogP contribution in [0.3, 0.4) is 0 Å². The molecule has 0 spiro atoms. The Hall–Kier alpha value is -3.02. The first-order valence-electron chi connectivity index (χ1n) is 7.40. The summed E-state index contributed by atoms with van der Waals surface area (Å²) in [6, 6.07) is 16.0. The topological polar surface area (TPSA) is 66.8 Å². The largest absolute Gasteiger partial charge is 0.354 e. The van der Waals surface area contributed by atoms with Gasteiger partial charge < -0.3 is 10.2 Å². The Morgan fingerprint density at radius 1 is 1.04 bits per heavy atom. The maximum absolute atomic E-state index is 4.50. The fraction of sp³-hybridized carbons (Fsp3) is 0.176. The molecule has 0 aliphatic carbocycles. The average Bonchev–Trinajstić information content (AvgIpc) is 2.62. The van der Waals surface area contributed by atoms with E-state index in [1.165, 1.54) is 5.56 Å². The molecule has 2 aromatic heterocycles. The van der Waals surface area contributed by atoms with Crippen LogP contribution in [0.4, 0.5) is 11.8 Å². The Balaban J connectivity index is 1.64. The summed E-state index contributed by atoms with van der Waals surface area (Å²) >= 11 is 0. The van der Waals surface area contributed by atoms with Crippen molar-refractivity contribution < 1.29 is 0 Å². The van der Waals surface area contributed by atoms with Crippen LogP contribution in [0, 0.1) is 0 Å². The van der Waals surface area contributed by atoms with E-state index in [4.69, 9.17) is 0 Å². The van der Waals surface area contributed by atoms with Crippen molar-refractivity contribution in [1.29, 1.82) is 0 Å². The minimum Gasteiger partial charge on any atom is -0.354 e. The minimum absolute atomic E-state index is 0.494. The van der Waals surface area contributed by atoms with Gasteiger partial charge in [0.15, 0.2) is 5.82 Å². The van der Waals surface area contributed by atoms with Gasteiger partial charge in [-0.25, -0.2) is 0 Å². The maximum Gasteiger partial charge on any atom is 0.245 e. The number of nitrogens with one attached hydrogen (secondary N) is 1. The molecule has 116 valence electrons. The number of hydrogen-bond donors (Lipinski definition) is 1. The number of pyridine rings is 1. The lowest BCUT2D eigenvalue weighted by Crippen LogP contribution is -2.19. The zero-order valence-corrected chi connectivity index (χ0v) is 12.9. The first kappa shape index (κ1) is 14.9. The first-order chi connectivity index (χ1) is 11.3. The monoisotopic (exact) mass is 306 g/mol. The van der Waals surface area contributed by atoms with Crippen molar-refractivity contribution in [3.05, 3.63) is 72.2 Å². The molecule has 6 nitrogen and oxygen atoms in total. The highest BCUT2D eigenvalue weighted by Crippen LogP contribution is 2.13. The van der Waals surface area contributed by atoms with Gasteiger partial charge in [0.1, 0.15) is 0 Å². The smallest absolute Gasteiger partial charge is 0.245 e. The van der Waals surface area contributed by atoms with Crippen LogP contribution in [0.1, 0.15) is 11.3 Å². The zero-order valence-electron chi connectivity index (χ0n) is 12.9. The number of aromatic nitrogens is 4. The van der Waals surface area contributed by atoms with Crippen molar-refractivity contribution >= 4 is 11.8 Å². The predicted molar refractivity (Wildman–Crippen MR) is 89.9 cm³/mol. The van der Waals surface area contributed by atoms with E-state index in [1.54, 1.807) is 12.4 Å². The molecule has 2 heterocycles. The van der Waals surface area contributed by atoms with E-state index >= 15 is 0 Å². The molecule has 1 N–H and O–H groups in total. The molecule has 0 fully saturated rings. The molecule has 0 aliphatic rings. The normalized spacial score (nSPS) is 10.3. The van der Waals surface area contributed by atoms with Gasteiger partial charge in [-0.2, -0.15) is 10.1 Å². The van der Waals surface area contributed by atoms with Gasteiger partial charge in [-0.15, -0.1) is 5.10 Å². The Labute approximate surface area is 135 Å². The summed E-state index contributed by atoms with van der Waals surface area (Å²) in [5, 5.41) is 11.2. The highest BCUT2D eigenvalue weighted by Gasteiger charge is 2.06. The maximum atomic E-state index is 4.50. The Morgan fingerprint density at radius 2 is 1.87 bits per heavy atom. The summed E-state index contributed by atoms with van der Waals surface area (Å²) in [7, 11) is 1.99. The molecule has 3 rings (SSSR count). The number of nitrogens with zero attached hydrogens (tertiary/aromatic N) is 5. The molecule has 0 saturated heterocycles. The summed E-state index contributed by atoms with van der Waals surface area (Å²) in [4.78, 5) is 10.8. The lowest BCUT2D eigenvalue weighted by Gasteiger charge is -2.18. The van der Waals surface area contributed by atoms with E-state index in [0.29, 0.717) is 12.5 Å². The molecule has 0 radical (unpaired) electrons. The second-order valence-corrected chi connectivity index (χ2v) is 5.15. The summed E-state index contributed by atoms with van der Waals surface area (Å²) < 4.78 is 0. The second-order valence-electron chi connectivity index (χ2n) is 5.15. The average molecular weight is 306 g/mol. The van der Waals surface area contributed by atoms with Gasteiger partial charge in [0.05, 0.1) is 18.4 Å². The fourth-order valence-corrected chi connectivity index (χ4v) is 2.16. The lowest BCUT2D eigenvalue weighted by atomic mass is 10.2. The van der Waals surface area contributed by atoms with Crippen molar-refractivity contribution in [2.75, 3.05) is 17.3 Å². The number of benzene rings is 1. The van der Waals surface area contributed by atoms with E-state index in [9.17, 15) is 0 Å². The van der Waals surface area contributed by atoms with Gasteiger partial charge in [-0.3, -0.25) is 4.98 Å². The van der Waals surface area contributed by atoms with Crippen LogP contribution in [-0.4, -0.2) is 27.2 Å². The molecule has 23 heavy (non-hydrogen) atoms. The molecule has 6 heteroatoms. The van der Waals surface area contributed by atoms with Crippen molar-refractivity contribution in [2.45, 2.75) is 13.1 Å². The molecular formula is C17H18N6. The summed E-state index contributed by atoms with van der Waals surface area (Å²) in [6.45, 7) is 1.33. The summed E-state index contributed by atoms with van der Waals surface area (Å²) in [6.07, 6.45) is 3.43. The molecular weight excluding hydrogens is 288 g/mol. The van der Waals surface area contributed by atoms with Gasteiger partial charge in [0.2, 0.25) is 5.95 Å². The van der Waals surface area contributed by atoms with E-state index in [1.807, 2.05) is 48.3 Å². The van der Waals surface area contributed by atoms with Gasteiger partial charge in [-0.1, -0.05) is 36.4 Å². The number of rotatable bonds is 6. The van der Waals surface area contributed by atoms with Crippen LogP contribution >= 0.6 is 0 Å². The van der Waals surface area contributed by atoms with Crippen LogP contribution in [0.5, 0.6) is 0 Å². The van der Waals surface area contributed by atoms with Crippen LogP contribution in [0.15, 0.2) is 60.9 Å². The van der Waals surface area contributed by atoms with Crippen LogP contribution in [0.2, 0.25) is 0 Å². The molecule has 3 aromatic rings. The second kappa shape index (κ2) is 7.31. The highest BCUT2D eigenvalue weighted by molar-refractivity contribution is 5.40. The standard InChI is InChI=1S/C17H18N6/c1-23(13-14-7-3-2-4-8-14)16-12-20-22-17(21-16)19-11-15-9-5-6-10-18-15/h2-10,12H,11,13H2,1H3,(H,19,21,22).